The second-order valence-electron chi connectivity index (χ2n) is 5.45. The first-order valence-electron chi connectivity index (χ1n) is 7.87. The molecule has 1 heterocycles. The summed E-state index contributed by atoms with van der Waals surface area (Å²) in [6.45, 7) is 3.85. The molecule has 5 nitrogen and oxygen atoms in total. The highest BCUT2D eigenvalue weighted by Gasteiger charge is 2.16. The van der Waals surface area contributed by atoms with Crippen molar-refractivity contribution in [1.82, 2.24) is 0 Å². The van der Waals surface area contributed by atoms with E-state index in [2.05, 4.69) is 28.1 Å². The highest BCUT2D eigenvalue weighted by Crippen LogP contribution is 2.25. The molecule has 0 radical (unpaired) electrons. The number of ether oxygens (including phenoxy) is 1. The minimum atomic E-state index is -0.284. The predicted octanol–water partition coefficient (Wildman–Crippen LogP) is 3.18. The Labute approximate surface area is 136 Å². The molecule has 1 aliphatic heterocycles. The Bertz CT molecular complexity index is 670. The Morgan fingerprint density at radius 1 is 1.17 bits per heavy atom. The number of anilines is 3. The Kier molecular flexibility index (Phi) is 4.66. The number of benzene rings is 2. The Morgan fingerprint density at radius 2 is 1.91 bits per heavy atom. The first-order chi connectivity index (χ1) is 11.3. The van der Waals surface area contributed by atoms with Crippen LogP contribution in [0.2, 0.25) is 0 Å². The summed E-state index contributed by atoms with van der Waals surface area (Å²) in [5.41, 5.74) is 3.83. The molecule has 5 heteroatoms. The van der Waals surface area contributed by atoms with Gasteiger partial charge in [-0.3, -0.25) is 0 Å². The van der Waals surface area contributed by atoms with Gasteiger partial charge in [-0.15, -0.1) is 0 Å². The van der Waals surface area contributed by atoms with Gasteiger partial charge >= 0.3 is 5.97 Å². The van der Waals surface area contributed by atoms with Gasteiger partial charge in [0.25, 0.3) is 0 Å². The third-order valence-electron chi connectivity index (χ3n) is 3.77. The number of esters is 1. The van der Waals surface area contributed by atoms with Crippen molar-refractivity contribution in [3.05, 3.63) is 54.1 Å². The van der Waals surface area contributed by atoms with Crippen molar-refractivity contribution in [2.24, 2.45) is 0 Å². The van der Waals surface area contributed by atoms with E-state index < -0.39 is 0 Å². The van der Waals surface area contributed by atoms with E-state index in [9.17, 15) is 4.79 Å². The summed E-state index contributed by atoms with van der Waals surface area (Å²) in [7, 11) is 0. The summed E-state index contributed by atoms with van der Waals surface area (Å²) in [5, 5.41) is 10.3. The predicted molar refractivity (Wildman–Crippen MR) is 93.2 cm³/mol. The van der Waals surface area contributed by atoms with Crippen LogP contribution in [0.4, 0.5) is 17.1 Å². The van der Waals surface area contributed by atoms with Crippen molar-refractivity contribution in [2.75, 3.05) is 35.6 Å². The van der Waals surface area contributed by atoms with Crippen LogP contribution in [-0.2, 0) is 4.74 Å². The van der Waals surface area contributed by atoms with Crippen LogP contribution in [0.25, 0.3) is 0 Å². The molecular weight excluding hydrogens is 290 g/mol. The summed E-state index contributed by atoms with van der Waals surface area (Å²) in [6, 6.07) is 15.9. The molecule has 0 fully saturated rings. The van der Waals surface area contributed by atoms with Gasteiger partial charge in [-0.05, 0) is 43.3 Å². The molecule has 0 aromatic heterocycles. The van der Waals surface area contributed by atoms with Gasteiger partial charge < -0.3 is 20.7 Å². The topological polar surface area (TPSA) is 62.4 Å². The number of carbonyl (C=O) groups is 1. The fourth-order valence-electron chi connectivity index (χ4n) is 2.57. The van der Waals surface area contributed by atoms with Crippen molar-refractivity contribution in [2.45, 2.75) is 13.0 Å². The maximum Gasteiger partial charge on any atom is 0.338 e. The molecule has 3 rings (SSSR count). The van der Waals surface area contributed by atoms with Gasteiger partial charge in [-0.2, -0.15) is 0 Å². The van der Waals surface area contributed by atoms with E-state index in [1.54, 1.807) is 19.1 Å². The van der Waals surface area contributed by atoms with Gasteiger partial charge in [0.05, 0.1) is 29.6 Å². The van der Waals surface area contributed by atoms with Gasteiger partial charge in [-0.1, -0.05) is 12.1 Å². The lowest BCUT2D eigenvalue weighted by Crippen LogP contribution is -2.38. The second-order valence-corrected chi connectivity index (χ2v) is 5.45. The van der Waals surface area contributed by atoms with E-state index in [4.69, 9.17) is 4.74 Å². The van der Waals surface area contributed by atoms with E-state index in [0.29, 0.717) is 18.2 Å². The highest BCUT2D eigenvalue weighted by atomic mass is 16.5. The highest BCUT2D eigenvalue weighted by molar-refractivity contribution is 5.89. The third kappa shape index (κ3) is 3.74. The lowest BCUT2D eigenvalue weighted by molar-refractivity contribution is 0.0526. The van der Waals surface area contributed by atoms with Crippen LogP contribution in [-0.4, -0.2) is 31.7 Å². The van der Waals surface area contributed by atoms with Crippen molar-refractivity contribution < 1.29 is 9.53 Å². The molecule has 0 spiro atoms. The smallest absolute Gasteiger partial charge is 0.338 e. The maximum atomic E-state index is 11.6. The van der Waals surface area contributed by atoms with E-state index in [-0.39, 0.29) is 5.97 Å². The van der Waals surface area contributed by atoms with Crippen molar-refractivity contribution in [1.29, 1.82) is 0 Å². The maximum absolute atomic E-state index is 11.6. The molecule has 23 heavy (non-hydrogen) atoms. The van der Waals surface area contributed by atoms with Crippen LogP contribution in [0.5, 0.6) is 0 Å². The molecule has 0 saturated carbocycles. The lowest BCUT2D eigenvalue weighted by atomic mass is 10.1. The second kappa shape index (κ2) is 7.05. The van der Waals surface area contributed by atoms with E-state index >= 15 is 0 Å². The molecule has 1 aliphatic rings. The SMILES string of the molecule is CCOC(=O)c1ccc(NC[C@@H]2CNc3ccccc3N2)cc1. The zero-order chi connectivity index (χ0) is 16.1. The molecule has 0 saturated heterocycles. The molecule has 2 aromatic rings. The number of hydrogen-bond acceptors (Lipinski definition) is 5. The van der Waals surface area contributed by atoms with Crippen molar-refractivity contribution in [3.8, 4) is 0 Å². The van der Waals surface area contributed by atoms with E-state index in [1.807, 2.05) is 24.3 Å². The Morgan fingerprint density at radius 3 is 2.65 bits per heavy atom. The van der Waals surface area contributed by atoms with Crippen LogP contribution in [0, 0.1) is 0 Å². The van der Waals surface area contributed by atoms with Crippen molar-refractivity contribution in [3.63, 3.8) is 0 Å². The van der Waals surface area contributed by atoms with E-state index in [1.165, 1.54) is 0 Å². The average Bonchev–Trinajstić information content (AvgIpc) is 2.60. The number of fused-ring (bicyclic) bond motifs is 1. The average molecular weight is 311 g/mol. The Hall–Kier alpha value is -2.69. The molecule has 0 amide bonds. The first kappa shape index (κ1) is 15.2. The van der Waals surface area contributed by atoms with Gasteiger partial charge in [0.1, 0.15) is 0 Å². The molecule has 1 atom stereocenters. The molecule has 0 bridgehead atoms. The zero-order valence-corrected chi connectivity index (χ0v) is 13.1. The van der Waals surface area contributed by atoms with Crippen LogP contribution in [0.1, 0.15) is 17.3 Å². The summed E-state index contributed by atoms with van der Waals surface area (Å²) in [6.07, 6.45) is 0. The van der Waals surface area contributed by atoms with Gasteiger partial charge in [0.15, 0.2) is 0 Å². The monoisotopic (exact) mass is 311 g/mol. The normalized spacial score (nSPS) is 15.8. The third-order valence-corrected chi connectivity index (χ3v) is 3.77. The van der Waals surface area contributed by atoms with Crippen LogP contribution >= 0.6 is 0 Å². The minimum absolute atomic E-state index is 0.284. The molecular formula is C18H21N3O2. The fourth-order valence-corrected chi connectivity index (χ4v) is 2.57. The van der Waals surface area contributed by atoms with Crippen LogP contribution < -0.4 is 16.0 Å². The quantitative estimate of drug-likeness (QED) is 0.740. The molecule has 3 N–H and O–H groups in total. The Balaban J connectivity index is 1.54. The lowest BCUT2D eigenvalue weighted by Gasteiger charge is -2.28. The zero-order valence-electron chi connectivity index (χ0n) is 13.1. The summed E-state index contributed by atoms with van der Waals surface area (Å²) >= 11 is 0. The number of nitrogens with one attached hydrogen (secondary N) is 3. The summed E-state index contributed by atoms with van der Waals surface area (Å²) in [5.74, 6) is -0.284. The van der Waals surface area contributed by atoms with Crippen LogP contribution in [0.3, 0.4) is 0 Å². The number of rotatable bonds is 5. The number of para-hydroxylation sites is 2. The molecule has 0 aliphatic carbocycles. The van der Waals surface area contributed by atoms with Gasteiger partial charge in [0.2, 0.25) is 0 Å². The number of carbonyl (C=O) groups excluding carboxylic acids is 1. The summed E-state index contributed by atoms with van der Waals surface area (Å²) < 4.78 is 4.98. The molecule has 120 valence electrons. The first-order valence-corrected chi connectivity index (χ1v) is 7.87. The summed E-state index contributed by atoms with van der Waals surface area (Å²) in [4.78, 5) is 11.6. The fraction of sp³-hybridized carbons (Fsp3) is 0.278. The van der Waals surface area contributed by atoms with E-state index in [0.717, 1.165) is 30.2 Å². The van der Waals surface area contributed by atoms with Crippen molar-refractivity contribution >= 4 is 23.0 Å². The minimum Gasteiger partial charge on any atom is -0.462 e. The van der Waals surface area contributed by atoms with Crippen LogP contribution in [0.15, 0.2) is 48.5 Å². The largest absolute Gasteiger partial charge is 0.462 e. The standard InChI is InChI=1S/C18H21N3O2/c1-2-23-18(22)13-7-9-14(10-8-13)19-11-15-12-20-16-5-3-4-6-17(16)21-15/h3-10,15,19-21H,2,11-12H2,1H3/t15-/m1/s1. The van der Waals surface area contributed by atoms with Gasteiger partial charge in [-0.25, -0.2) is 4.79 Å². The number of hydrogen-bond donors (Lipinski definition) is 3. The molecule has 2 aromatic carbocycles. The van der Waals surface area contributed by atoms with Gasteiger partial charge in [0, 0.05) is 18.8 Å². The molecule has 0 unspecified atom stereocenters.